The molecule has 14 heavy (non-hydrogen) atoms. The summed E-state index contributed by atoms with van der Waals surface area (Å²) < 4.78 is 39.3. The highest BCUT2D eigenvalue weighted by Crippen LogP contribution is 2.24. The van der Waals surface area contributed by atoms with Gasteiger partial charge in [-0.05, 0) is 6.92 Å². The van der Waals surface area contributed by atoms with Crippen molar-refractivity contribution in [3.8, 4) is 0 Å². The lowest BCUT2D eigenvalue weighted by molar-refractivity contribution is -0.0298. The predicted molar refractivity (Wildman–Crippen MR) is 46.3 cm³/mol. The van der Waals surface area contributed by atoms with Crippen molar-refractivity contribution in [2.75, 3.05) is 26.2 Å². The standard InChI is InChI=1S/C8H12F3N3/c1-7(9)2-12-6-13-3-8(10,11)5-14(6)4-7/h2-5H2,1H3,(H,12,13). The molecule has 2 rings (SSSR count). The summed E-state index contributed by atoms with van der Waals surface area (Å²) in [6, 6.07) is 0. The van der Waals surface area contributed by atoms with Crippen LogP contribution in [0.3, 0.4) is 0 Å². The largest absolute Gasteiger partial charge is 0.353 e. The van der Waals surface area contributed by atoms with Crippen molar-refractivity contribution in [1.29, 1.82) is 0 Å². The van der Waals surface area contributed by atoms with Crippen LogP contribution in [0.25, 0.3) is 0 Å². The highest BCUT2D eigenvalue weighted by Gasteiger charge is 2.42. The van der Waals surface area contributed by atoms with Crippen LogP contribution in [-0.2, 0) is 0 Å². The molecule has 2 heterocycles. The summed E-state index contributed by atoms with van der Waals surface area (Å²) >= 11 is 0. The van der Waals surface area contributed by atoms with Gasteiger partial charge in [-0.2, -0.15) is 0 Å². The first-order valence-corrected chi connectivity index (χ1v) is 4.48. The van der Waals surface area contributed by atoms with Crippen LogP contribution >= 0.6 is 0 Å². The zero-order valence-corrected chi connectivity index (χ0v) is 7.86. The molecule has 3 nitrogen and oxygen atoms in total. The van der Waals surface area contributed by atoms with Crippen LogP contribution in [0.4, 0.5) is 13.2 Å². The Kier molecular flexibility index (Phi) is 1.90. The molecule has 0 saturated carbocycles. The maximum absolute atomic E-state index is 13.5. The average Bonchev–Trinajstić information content (AvgIpc) is 1.99. The van der Waals surface area contributed by atoms with E-state index in [1.165, 1.54) is 11.8 Å². The fraction of sp³-hybridized carbons (Fsp3) is 0.875. The third-order valence-electron chi connectivity index (χ3n) is 2.32. The Bertz CT molecular complexity index is 275. The zero-order valence-electron chi connectivity index (χ0n) is 7.86. The summed E-state index contributed by atoms with van der Waals surface area (Å²) in [5.74, 6) is -2.44. The fourth-order valence-corrected chi connectivity index (χ4v) is 1.71. The maximum Gasteiger partial charge on any atom is 0.284 e. The van der Waals surface area contributed by atoms with Gasteiger partial charge >= 0.3 is 0 Å². The van der Waals surface area contributed by atoms with Gasteiger partial charge in [-0.15, -0.1) is 0 Å². The lowest BCUT2D eigenvalue weighted by Gasteiger charge is -2.41. The minimum absolute atomic E-state index is 0.0194. The zero-order chi connectivity index (χ0) is 10.4. The Morgan fingerprint density at radius 1 is 1.36 bits per heavy atom. The molecule has 1 unspecified atom stereocenters. The third-order valence-corrected chi connectivity index (χ3v) is 2.32. The molecule has 1 fully saturated rings. The van der Waals surface area contributed by atoms with Crippen molar-refractivity contribution in [2.24, 2.45) is 4.99 Å². The van der Waals surface area contributed by atoms with Crippen LogP contribution in [0, 0.1) is 0 Å². The Morgan fingerprint density at radius 3 is 2.79 bits per heavy atom. The number of nitrogens with one attached hydrogen (secondary N) is 1. The monoisotopic (exact) mass is 207 g/mol. The van der Waals surface area contributed by atoms with Crippen LogP contribution in [0.15, 0.2) is 4.99 Å². The van der Waals surface area contributed by atoms with E-state index in [1.807, 2.05) is 0 Å². The molecule has 6 heteroatoms. The average molecular weight is 207 g/mol. The number of alkyl halides is 3. The van der Waals surface area contributed by atoms with Gasteiger partial charge in [0, 0.05) is 0 Å². The number of hydrogen-bond acceptors (Lipinski definition) is 3. The van der Waals surface area contributed by atoms with E-state index in [0.717, 1.165) is 0 Å². The number of nitrogens with zero attached hydrogens (tertiary/aromatic N) is 2. The first-order chi connectivity index (χ1) is 6.38. The van der Waals surface area contributed by atoms with Gasteiger partial charge in [0.25, 0.3) is 5.92 Å². The first kappa shape index (κ1) is 9.61. The van der Waals surface area contributed by atoms with E-state index in [1.54, 1.807) is 0 Å². The molecular weight excluding hydrogens is 195 g/mol. The summed E-state index contributed by atoms with van der Waals surface area (Å²) in [5, 5.41) is 2.72. The van der Waals surface area contributed by atoms with Crippen LogP contribution in [-0.4, -0.2) is 48.6 Å². The van der Waals surface area contributed by atoms with Crippen LogP contribution in [0.2, 0.25) is 0 Å². The number of guanidine groups is 1. The van der Waals surface area contributed by atoms with Crippen LogP contribution in [0.5, 0.6) is 0 Å². The molecule has 80 valence electrons. The minimum Gasteiger partial charge on any atom is -0.353 e. The summed E-state index contributed by atoms with van der Waals surface area (Å²) in [5.41, 5.74) is -1.47. The summed E-state index contributed by atoms with van der Waals surface area (Å²) in [6.07, 6.45) is 0. The van der Waals surface area contributed by atoms with Crippen molar-refractivity contribution < 1.29 is 13.2 Å². The smallest absolute Gasteiger partial charge is 0.284 e. The number of aliphatic imine (C=N–C) groups is 1. The van der Waals surface area contributed by atoms with Gasteiger partial charge in [-0.1, -0.05) is 0 Å². The molecule has 1 saturated heterocycles. The van der Waals surface area contributed by atoms with Crippen molar-refractivity contribution in [2.45, 2.75) is 18.5 Å². The summed E-state index contributed by atoms with van der Waals surface area (Å²) in [4.78, 5) is 4.96. The fourth-order valence-electron chi connectivity index (χ4n) is 1.71. The Labute approximate surface area is 80.0 Å². The van der Waals surface area contributed by atoms with Crippen molar-refractivity contribution in [1.82, 2.24) is 10.2 Å². The highest BCUT2D eigenvalue weighted by molar-refractivity contribution is 5.81. The molecule has 0 aromatic carbocycles. The SMILES string of the molecule is CC1(F)CNC2=NCC(F)(F)CN2C1. The summed E-state index contributed by atoms with van der Waals surface area (Å²) in [7, 11) is 0. The molecule has 1 atom stereocenters. The van der Waals surface area contributed by atoms with Gasteiger partial charge in [0.2, 0.25) is 0 Å². The number of halogens is 3. The topological polar surface area (TPSA) is 27.6 Å². The third kappa shape index (κ3) is 1.78. The summed E-state index contributed by atoms with van der Waals surface area (Å²) in [6.45, 7) is 0.555. The molecule has 0 radical (unpaired) electrons. The van der Waals surface area contributed by atoms with E-state index in [4.69, 9.17) is 0 Å². The van der Waals surface area contributed by atoms with Crippen molar-refractivity contribution in [3.63, 3.8) is 0 Å². The van der Waals surface area contributed by atoms with E-state index < -0.39 is 24.7 Å². The Morgan fingerprint density at radius 2 is 2.07 bits per heavy atom. The second-order valence-electron chi connectivity index (χ2n) is 4.12. The van der Waals surface area contributed by atoms with Gasteiger partial charge in [0.05, 0.1) is 19.6 Å². The van der Waals surface area contributed by atoms with E-state index in [0.29, 0.717) is 5.96 Å². The number of fused-ring (bicyclic) bond motifs is 1. The second-order valence-corrected chi connectivity index (χ2v) is 4.12. The number of hydrogen-bond donors (Lipinski definition) is 1. The van der Waals surface area contributed by atoms with Gasteiger partial charge in [0.15, 0.2) is 5.96 Å². The van der Waals surface area contributed by atoms with Crippen LogP contribution in [0.1, 0.15) is 6.92 Å². The second kappa shape index (κ2) is 2.77. The highest BCUT2D eigenvalue weighted by atomic mass is 19.3. The molecule has 0 amide bonds. The molecule has 0 aliphatic carbocycles. The quantitative estimate of drug-likeness (QED) is 0.630. The van der Waals surface area contributed by atoms with Gasteiger partial charge in [-0.3, -0.25) is 0 Å². The molecule has 2 aliphatic rings. The molecular formula is C8H12F3N3. The molecule has 0 aromatic heterocycles. The van der Waals surface area contributed by atoms with Gasteiger partial charge in [-0.25, -0.2) is 18.2 Å². The van der Waals surface area contributed by atoms with Gasteiger partial charge in [0.1, 0.15) is 12.2 Å². The van der Waals surface area contributed by atoms with Crippen molar-refractivity contribution >= 4 is 5.96 Å². The van der Waals surface area contributed by atoms with E-state index in [2.05, 4.69) is 10.3 Å². The minimum atomic E-state index is -2.83. The lowest BCUT2D eigenvalue weighted by atomic mass is 10.1. The number of rotatable bonds is 0. The maximum atomic E-state index is 13.5. The lowest BCUT2D eigenvalue weighted by Crippen LogP contribution is -2.62. The van der Waals surface area contributed by atoms with Crippen LogP contribution < -0.4 is 5.32 Å². The van der Waals surface area contributed by atoms with Crippen molar-refractivity contribution in [3.05, 3.63) is 0 Å². The molecule has 1 N–H and O–H groups in total. The van der Waals surface area contributed by atoms with E-state index >= 15 is 0 Å². The molecule has 0 bridgehead atoms. The van der Waals surface area contributed by atoms with E-state index in [-0.39, 0.29) is 13.1 Å². The van der Waals surface area contributed by atoms with Gasteiger partial charge < -0.3 is 10.2 Å². The molecule has 0 aromatic rings. The normalized spacial score (nSPS) is 35.7. The van der Waals surface area contributed by atoms with E-state index in [9.17, 15) is 13.2 Å². The predicted octanol–water partition coefficient (Wildman–Crippen LogP) is 0.625. The Balaban J connectivity index is 2.15. The Hall–Kier alpha value is -0.940. The first-order valence-electron chi connectivity index (χ1n) is 4.48. The molecule has 0 spiro atoms. The molecule has 2 aliphatic heterocycles.